The van der Waals surface area contributed by atoms with Crippen molar-refractivity contribution in [1.29, 1.82) is 0 Å². The van der Waals surface area contributed by atoms with Crippen LogP contribution in [0.4, 0.5) is 14.5 Å². The highest BCUT2D eigenvalue weighted by Crippen LogP contribution is 2.27. The fourth-order valence-electron chi connectivity index (χ4n) is 3.63. The fraction of sp³-hybridized carbons (Fsp3) is 0.240. The van der Waals surface area contributed by atoms with Crippen LogP contribution in [0.25, 0.3) is 10.9 Å². The lowest BCUT2D eigenvalue weighted by atomic mass is 10.1. The standard InChI is InChI=1S/C25H26F2N4O6S/c1-35-18-6-3-7-20(13-18)38(33,34)31-17-5-2-4-16(12-17)23(32)15-28-10-11-36-19-8-9-21-22(14-19)29-30-24(21)37-25(26)27/h2-9,12-14,23,25,28,31-32H,10-11,15H2,1H3,(H,29,30). The van der Waals surface area contributed by atoms with Crippen molar-refractivity contribution in [3.8, 4) is 17.4 Å². The number of hydrogen-bond donors (Lipinski definition) is 4. The molecule has 13 heteroatoms. The van der Waals surface area contributed by atoms with Crippen LogP contribution in [0.1, 0.15) is 11.7 Å². The number of ether oxygens (including phenoxy) is 3. The minimum atomic E-state index is -3.85. The van der Waals surface area contributed by atoms with E-state index in [0.29, 0.717) is 40.2 Å². The topological polar surface area (TPSA) is 135 Å². The molecule has 1 unspecified atom stereocenters. The second-order valence-electron chi connectivity index (χ2n) is 8.09. The van der Waals surface area contributed by atoms with E-state index < -0.39 is 22.7 Å². The number of sulfonamides is 1. The molecular formula is C25H26F2N4O6S. The van der Waals surface area contributed by atoms with Crippen LogP contribution in [0.15, 0.2) is 71.6 Å². The minimum absolute atomic E-state index is 0.0538. The number of anilines is 1. The van der Waals surface area contributed by atoms with Crippen molar-refractivity contribution in [1.82, 2.24) is 15.5 Å². The van der Waals surface area contributed by atoms with Crippen LogP contribution in [-0.2, 0) is 10.0 Å². The van der Waals surface area contributed by atoms with E-state index in [9.17, 15) is 22.3 Å². The van der Waals surface area contributed by atoms with Crippen LogP contribution in [0.2, 0.25) is 0 Å². The third-order valence-corrected chi connectivity index (χ3v) is 6.84. The second kappa shape index (κ2) is 12.1. The Morgan fingerprint density at radius 2 is 1.87 bits per heavy atom. The number of methoxy groups -OCH3 is 1. The molecule has 4 rings (SSSR count). The van der Waals surface area contributed by atoms with E-state index in [4.69, 9.17) is 9.47 Å². The third kappa shape index (κ3) is 6.88. The average Bonchev–Trinajstić information content (AvgIpc) is 3.29. The lowest BCUT2D eigenvalue weighted by molar-refractivity contribution is -0.0518. The number of fused-ring (bicyclic) bond motifs is 1. The molecule has 0 bridgehead atoms. The number of rotatable bonds is 13. The number of aliphatic hydroxyl groups is 1. The molecule has 1 aromatic heterocycles. The maximum absolute atomic E-state index is 12.7. The molecule has 0 radical (unpaired) electrons. The van der Waals surface area contributed by atoms with Crippen LogP contribution >= 0.6 is 0 Å². The SMILES string of the molecule is COc1cccc(S(=O)(=O)Nc2cccc(C(O)CNCCOc3ccc4c(OC(F)F)n[nH]c4c3)c2)c1. The molecule has 1 heterocycles. The Labute approximate surface area is 217 Å². The summed E-state index contributed by atoms with van der Waals surface area (Å²) < 4.78 is 67.9. The summed E-state index contributed by atoms with van der Waals surface area (Å²) in [6.45, 7) is -2.10. The summed E-state index contributed by atoms with van der Waals surface area (Å²) in [6, 6.07) is 17.4. The van der Waals surface area contributed by atoms with E-state index >= 15 is 0 Å². The molecule has 10 nitrogen and oxygen atoms in total. The molecule has 4 aromatic rings. The predicted octanol–water partition coefficient (Wildman–Crippen LogP) is 3.68. The van der Waals surface area contributed by atoms with Gasteiger partial charge in [-0.05, 0) is 42.0 Å². The molecule has 0 aliphatic rings. The predicted molar refractivity (Wildman–Crippen MR) is 136 cm³/mol. The lowest BCUT2D eigenvalue weighted by Gasteiger charge is -2.15. The van der Waals surface area contributed by atoms with Gasteiger partial charge in [0.25, 0.3) is 10.0 Å². The van der Waals surface area contributed by atoms with Crippen molar-refractivity contribution in [2.45, 2.75) is 17.6 Å². The smallest absolute Gasteiger partial charge is 0.388 e. The van der Waals surface area contributed by atoms with Gasteiger partial charge >= 0.3 is 6.61 Å². The van der Waals surface area contributed by atoms with Crippen molar-refractivity contribution in [3.05, 3.63) is 72.3 Å². The van der Waals surface area contributed by atoms with Crippen molar-refractivity contribution < 1.29 is 36.5 Å². The number of hydrogen-bond acceptors (Lipinski definition) is 8. The van der Waals surface area contributed by atoms with E-state index in [1.165, 1.54) is 19.2 Å². The summed E-state index contributed by atoms with van der Waals surface area (Å²) >= 11 is 0. The summed E-state index contributed by atoms with van der Waals surface area (Å²) in [6.07, 6.45) is -0.897. The van der Waals surface area contributed by atoms with Gasteiger partial charge < -0.3 is 24.6 Å². The Morgan fingerprint density at radius 1 is 1.05 bits per heavy atom. The van der Waals surface area contributed by atoms with Gasteiger partial charge in [0.05, 0.1) is 29.0 Å². The highest BCUT2D eigenvalue weighted by atomic mass is 32.2. The van der Waals surface area contributed by atoms with Gasteiger partial charge in [-0.1, -0.05) is 18.2 Å². The third-order valence-electron chi connectivity index (χ3n) is 5.46. The first-order valence-corrected chi connectivity index (χ1v) is 12.9. The van der Waals surface area contributed by atoms with Gasteiger partial charge in [-0.2, -0.15) is 8.78 Å². The Bertz CT molecular complexity index is 1480. The molecule has 0 aliphatic carbocycles. The van der Waals surface area contributed by atoms with Crippen LogP contribution in [-0.4, -0.2) is 57.1 Å². The largest absolute Gasteiger partial charge is 0.497 e. The molecule has 202 valence electrons. The van der Waals surface area contributed by atoms with E-state index in [1.54, 1.807) is 54.6 Å². The Kier molecular flexibility index (Phi) is 8.61. The zero-order chi connectivity index (χ0) is 27.1. The summed E-state index contributed by atoms with van der Waals surface area (Å²) in [5, 5.41) is 20.4. The maximum Gasteiger partial charge on any atom is 0.388 e. The van der Waals surface area contributed by atoms with Gasteiger partial charge in [0, 0.05) is 30.9 Å². The van der Waals surface area contributed by atoms with Gasteiger partial charge in [-0.15, -0.1) is 5.10 Å². The van der Waals surface area contributed by atoms with Crippen LogP contribution in [0.5, 0.6) is 17.4 Å². The Balaban J connectivity index is 1.26. The Hall–Kier alpha value is -3.94. The number of aromatic nitrogens is 2. The number of aromatic amines is 1. The maximum atomic E-state index is 12.7. The molecule has 38 heavy (non-hydrogen) atoms. The number of benzene rings is 3. The van der Waals surface area contributed by atoms with Crippen molar-refractivity contribution in [2.24, 2.45) is 0 Å². The number of alkyl halides is 2. The van der Waals surface area contributed by atoms with Gasteiger partial charge in [-0.3, -0.25) is 9.82 Å². The molecule has 1 atom stereocenters. The van der Waals surface area contributed by atoms with Crippen molar-refractivity contribution in [2.75, 3.05) is 31.5 Å². The number of nitrogens with zero attached hydrogens (tertiary/aromatic N) is 1. The van der Waals surface area contributed by atoms with Gasteiger partial charge in [-0.25, -0.2) is 8.42 Å². The summed E-state index contributed by atoms with van der Waals surface area (Å²) in [7, 11) is -2.39. The number of aliphatic hydroxyl groups excluding tert-OH is 1. The molecule has 0 fully saturated rings. The van der Waals surface area contributed by atoms with E-state index in [2.05, 4.69) is 25.0 Å². The zero-order valence-corrected chi connectivity index (χ0v) is 21.0. The van der Waals surface area contributed by atoms with E-state index in [1.807, 2.05) is 0 Å². The number of halogens is 2. The zero-order valence-electron chi connectivity index (χ0n) is 20.2. The molecule has 3 aromatic carbocycles. The normalized spacial score (nSPS) is 12.4. The van der Waals surface area contributed by atoms with Crippen molar-refractivity contribution >= 4 is 26.6 Å². The highest BCUT2D eigenvalue weighted by molar-refractivity contribution is 7.92. The van der Waals surface area contributed by atoms with Crippen LogP contribution < -0.4 is 24.2 Å². The fourth-order valence-corrected chi connectivity index (χ4v) is 4.71. The van der Waals surface area contributed by atoms with Gasteiger partial charge in [0.15, 0.2) is 0 Å². The summed E-state index contributed by atoms with van der Waals surface area (Å²) in [4.78, 5) is 0.0538. The van der Waals surface area contributed by atoms with E-state index in [-0.39, 0.29) is 23.9 Å². The first-order chi connectivity index (χ1) is 18.2. The molecule has 4 N–H and O–H groups in total. The minimum Gasteiger partial charge on any atom is -0.497 e. The lowest BCUT2D eigenvalue weighted by Crippen LogP contribution is -2.26. The second-order valence-corrected chi connectivity index (χ2v) is 9.78. The monoisotopic (exact) mass is 548 g/mol. The summed E-state index contributed by atoms with van der Waals surface area (Å²) in [5.41, 5.74) is 1.32. The molecule has 0 saturated heterocycles. The van der Waals surface area contributed by atoms with Crippen molar-refractivity contribution in [3.63, 3.8) is 0 Å². The number of H-pyrrole nitrogens is 1. The molecule has 0 spiro atoms. The average molecular weight is 549 g/mol. The van der Waals surface area contributed by atoms with Gasteiger partial charge in [0.2, 0.25) is 5.88 Å². The molecule has 0 amide bonds. The van der Waals surface area contributed by atoms with Crippen LogP contribution in [0.3, 0.4) is 0 Å². The van der Waals surface area contributed by atoms with Crippen LogP contribution in [0, 0.1) is 0 Å². The molecular weight excluding hydrogens is 522 g/mol. The first-order valence-electron chi connectivity index (χ1n) is 11.5. The molecule has 0 aliphatic heterocycles. The summed E-state index contributed by atoms with van der Waals surface area (Å²) in [5.74, 6) is 0.736. The van der Waals surface area contributed by atoms with Gasteiger partial charge in [0.1, 0.15) is 18.1 Å². The molecule has 0 saturated carbocycles. The quantitative estimate of drug-likeness (QED) is 0.186. The Morgan fingerprint density at radius 3 is 2.66 bits per heavy atom. The highest BCUT2D eigenvalue weighted by Gasteiger charge is 2.16. The first kappa shape index (κ1) is 27.1. The number of nitrogens with one attached hydrogen (secondary N) is 3. The van der Waals surface area contributed by atoms with E-state index in [0.717, 1.165) is 0 Å².